The van der Waals surface area contributed by atoms with Gasteiger partial charge < -0.3 is 10.1 Å². The summed E-state index contributed by atoms with van der Waals surface area (Å²) in [5.41, 5.74) is 1.23. The Balaban J connectivity index is 2.07. The maximum Gasteiger partial charge on any atom is 0.165 e. The highest BCUT2D eigenvalue weighted by atomic mass is 19.2. The third-order valence-corrected chi connectivity index (χ3v) is 3.27. The Morgan fingerprint density at radius 2 is 1.76 bits per heavy atom. The summed E-state index contributed by atoms with van der Waals surface area (Å²) in [4.78, 5) is 0. The molecule has 2 aromatic rings. The van der Waals surface area contributed by atoms with E-state index in [0.29, 0.717) is 5.56 Å². The second-order valence-corrected chi connectivity index (χ2v) is 4.74. The molecule has 0 bridgehead atoms. The van der Waals surface area contributed by atoms with Crippen molar-refractivity contribution in [2.75, 3.05) is 7.05 Å². The Bertz CT molecular complexity index is 631. The van der Waals surface area contributed by atoms with E-state index in [1.54, 1.807) is 13.1 Å². The van der Waals surface area contributed by atoms with Gasteiger partial charge in [0.15, 0.2) is 23.2 Å². The summed E-state index contributed by atoms with van der Waals surface area (Å²) in [6.07, 6.45) is 0. The average Bonchev–Trinajstić information content (AvgIpc) is 2.48. The van der Waals surface area contributed by atoms with Crippen molar-refractivity contribution in [3.05, 3.63) is 65.0 Å². The molecule has 0 aliphatic carbocycles. The number of hydrogen-bond acceptors (Lipinski definition) is 2. The predicted molar refractivity (Wildman–Crippen MR) is 74.6 cm³/mol. The monoisotopic (exact) mass is 295 g/mol. The van der Waals surface area contributed by atoms with Gasteiger partial charge in [-0.05, 0) is 49.4 Å². The fourth-order valence-electron chi connectivity index (χ4n) is 1.86. The van der Waals surface area contributed by atoms with Crippen LogP contribution >= 0.6 is 0 Å². The Kier molecular flexibility index (Phi) is 4.85. The first kappa shape index (κ1) is 15.4. The second kappa shape index (κ2) is 6.63. The highest BCUT2D eigenvalue weighted by molar-refractivity contribution is 5.31. The van der Waals surface area contributed by atoms with Crippen molar-refractivity contribution in [1.82, 2.24) is 5.32 Å². The lowest BCUT2D eigenvalue weighted by Gasteiger charge is -2.13. The molecular formula is C16H16F3NO. The molecule has 5 heteroatoms. The van der Waals surface area contributed by atoms with E-state index in [9.17, 15) is 13.2 Å². The molecular weight excluding hydrogens is 279 g/mol. The number of halogens is 3. The van der Waals surface area contributed by atoms with Crippen molar-refractivity contribution in [2.24, 2.45) is 0 Å². The first-order valence-electron chi connectivity index (χ1n) is 6.54. The third-order valence-electron chi connectivity index (χ3n) is 3.27. The van der Waals surface area contributed by atoms with Gasteiger partial charge in [-0.2, -0.15) is 0 Å². The molecule has 0 fully saturated rings. The predicted octanol–water partition coefficient (Wildman–Crippen LogP) is 3.96. The van der Waals surface area contributed by atoms with Crippen molar-refractivity contribution in [3.63, 3.8) is 0 Å². The molecule has 2 nitrogen and oxygen atoms in total. The van der Waals surface area contributed by atoms with Gasteiger partial charge in [0.25, 0.3) is 0 Å². The molecule has 0 aliphatic rings. The van der Waals surface area contributed by atoms with Gasteiger partial charge in [-0.25, -0.2) is 13.2 Å². The van der Waals surface area contributed by atoms with Crippen LogP contribution in [0.3, 0.4) is 0 Å². The normalized spacial score (nSPS) is 12.2. The van der Waals surface area contributed by atoms with E-state index in [-0.39, 0.29) is 18.4 Å². The van der Waals surface area contributed by atoms with Gasteiger partial charge in [0.2, 0.25) is 0 Å². The Labute approximate surface area is 121 Å². The van der Waals surface area contributed by atoms with Gasteiger partial charge in [0.1, 0.15) is 6.61 Å². The standard InChI is InChI=1S/C16H16F3NO/c1-10(20-2)12-4-6-16(15(19)8-12)21-9-11-3-5-13(17)14(18)7-11/h3-8,10,20H,9H2,1-2H3. The minimum Gasteiger partial charge on any atom is -0.486 e. The number of rotatable bonds is 5. The van der Waals surface area contributed by atoms with Crippen LogP contribution in [0.1, 0.15) is 24.1 Å². The lowest BCUT2D eigenvalue weighted by molar-refractivity contribution is 0.289. The lowest BCUT2D eigenvalue weighted by Crippen LogP contribution is -2.12. The number of ether oxygens (including phenoxy) is 1. The van der Waals surface area contributed by atoms with Crippen LogP contribution in [0.4, 0.5) is 13.2 Å². The molecule has 21 heavy (non-hydrogen) atoms. The molecule has 2 rings (SSSR count). The van der Waals surface area contributed by atoms with Crippen LogP contribution < -0.4 is 10.1 Å². The summed E-state index contributed by atoms with van der Waals surface area (Å²) in [7, 11) is 1.79. The molecule has 0 radical (unpaired) electrons. The van der Waals surface area contributed by atoms with Crippen LogP contribution in [0.15, 0.2) is 36.4 Å². The lowest BCUT2D eigenvalue weighted by atomic mass is 10.1. The number of nitrogens with one attached hydrogen (secondary N) is 1. The van der Waals surface area contributed by atoms with Crippen LogP contribution in [0.5, 0.6) is 5.75 Å². The highest BCUT2D eigenvalue weighted by Crippen LogP contribution is 2.23. The number of benzene rings is 2. The Hall–Kier alpha value is -2.01. The van der Waals surface area contributed by atoms with E-state index in [0.717, 1.165) is 17.7 Å². The molecule has 2 aromatic carbocycles. The smallest absolute Gasteiger partial charge is 0.165 e. The summed E-state index contributed by atoms with van der Waals surface area (Å²) in [5, 5.41) is 3.01. The van der Waals surface area contributed by atoms with Gasteiger partial charge in [0, 0.05) is 6.04 Å². The molecule has 1 atom stereocenters. The molecule has 0 aliphatic heterocycles. The Morgan fingerprint density at radius 3 is 2.38 bits per heavy atom. The minimum absolute atomic E-state index is 0.0275. The summed E-state index contributed by atoms with van der Waals surface area (Å²) >= 11 is 0. The fraction of sp³-hybridized carbons (Fsp3) is 0.250. The molecule has 0 saturated heterocycles. The molecule has 0 spiro atoms. The quantitative estimate of drug-likeness (QED) is 0.901. The van der Waals surface area contributed by atoms with Crippen LogP contribution in [-0.2, 0) is 6.61 Å². The van der Waals surface area contributed by atoms with Gasteiger partial charge in [-0.15, -0.1) is 0 Å². The van der Waals surface area contributed by atoms with E-state index in [2.05, 4.69) is 5.32 Å². The van der Waals surface area contributed by atoms with Gasteiger partial charge >= 0.3 is 0 Å². The van der Waals surface area contributed by atoms with E-state index in [1.807, 2.05) is 6.92 Å². The minimum atomic E-state index is -0.949. The number of hydrogen-bond donors (Lipinski definition) is 1. The molecule has 1 unspecified atom stereocenters. The molecule has 112 valence electrons. The van der Waals surface area contributed by atoms with Gasteiger partial charge in [0.05, 0.1) is 0 Å². The topological polar surface area (TPSA) is 21.3 Å². The van der Waals surface area contributed by atoms with Crippen LogP contribution in [0.25, 0.3) is 0 Å². The maximum absolute atomic E-state index is 13.9. The summed E-state index contributed by atoms with van der Waals surface area (Å²) in [6, 6.07) is 8.14. The van der Waals surface area contributed by atoms with Crippen LogP contribution in [0, 0.1) is 17.5 Å². The van der Waals surface area contributed by atoms with E-state index in [1.165, 1.54) is 18.2 Å². The molecule has 0 heterocycles. The highest BCUT2D eigenvalue weighted by Gasteiger charge is 2.09. The zero-order chi connectivity index (χ0) is 15.4. The molecule has 0 aromatic heterocycles. The third kappa shape index (κ3) is 3.76. The average molecular weight is 295 g/mol. The first-order chi connectivity index (χ1) is 10.0. The first-order valence-corrected chi connectivity index (χ1v) is 6.54. The summed E-state index contributed by atoms with van der Waals surface area (Å²) < 4.78 is 45.1. The largest absolute Gasteiger partial charge is 0.486 e. The van der Waals surface area contributed by atoms with Crippen molar-refractivity contribution < 1.29 is 17.9 Å². The summed E-state index contributed by atoms with van der Waals surface area (Å²) in [5.74, 6) is -2.28. The van der Waals surface area contributed by atoms with Crippen LogP contribution in [-0.4, -0.2) is 7.05 Å². The molecule has 0 saturated carbocycles. The van der Waals surface area contributed by atoms with Crippen molar-refractivity contribution in [2.45, 2.75) is 19.6 Å². The molecule has 0 amide bonds. The maximum atomic E-state index is 13.9. The zero-order valence-electron chi connectivity index (χ0n) is 11.8. The SMILES string of the molecule is CNC(C)c1ccc(OCc2ccc(F)c(F)c2)c(F)c1. The van der Waals surface area contributed by atoms with E-state index >= 15 is 0 Å². The van der Waals surface area contributed by atoms with Crippen molar-refractivity contribution in [3.8, 4) is 5.75 Å². The van der Waals surface area contributed by atoms with Crippen molar-refractivity contribution in [1.29, 1.82) is 0 Å². The van der Waals surface area contributed by atoms with Crippen LogP contribution in [0.2, 0.25) is 0 Å². The van der Waals surface area contributed by atoms with Gasteiger partial charge in [-0.3, -0.25) is 0 Å². The zero-order valence-corrected chi connectivity index (χ0v) is 11.8. The molecule has 1 N–H and O–H groups in total. The van der Waals surface area contributed by atoms with Crippen molar-refractivity contribution >= 4 is 0 Å². The Morgan fingerprint density at radius 1 is 1.00 bits per heavy atom. The summed E-state index contributed by atoms with van der Waals surface area (Å²) in [6.45, 7) is 1.88. The van der Waals surface area contributed by atoms with E-state index < -0.39 is 17.5 Å². The van der Waals surface area contributed by atoms with Gasteiger partial charge in [-0.1, -0.05) is 12.1 Å². The fourth-order valence-corrected chi connectivity index (χ4v) is 1.86. The van der Waals surface area contributed by atoms with E-state index in [4.69, 9.17) is 4.74 Å². The second-order valence-electron chi connectivity index (χ2n) is 4.74.